The first-order valence-corrected chi connectivity index (χ1v) is 5.77. The molecule has 4 nitrogen and oxygen atoms in total. The fraction of sp³-hybridized carbons (Fsp3) is 0.273. The number of carbonyl (C=O) groups is 2. The number of hydrogen-bond donors (Lipinski definition) is 1. The van der Waals surface area contributed by atoms with Gasteiger partial charge in [-0.2, -0.15) is 0 Å². The van der Waals surface area contributed by atoms with Crippen LogP contribution < -0.4 is 5.32 Å². The van der Waals surface area contributed by atoms with Crippen LogP contribution in [0.2, 0.25) is 0 Å². The second kappa shape index (κ2) is 4.31. The van der Waals surface area contributed by atoms with Gasteiger partial charge >= 0.3 is 5.97 Å². The number of cyclic esters (lactones) is 1. The fourth-order valence-corrected chi connectivity index (χ4v) is 2.07. The third-order valence-corrected chi connectivity index (χ3v) is 3.29. The van der Waals surface area contributed by atoms with Crippen LogP contribution in [0.3, 0.4) is 0 Å². The number of benzene rings is 1. The van der Waals surface area contributed by atoms with Crippen molar-refractivity contribution in [1.82, 2.24) is 5.32 Å². The maximum Gasteiger partial charge on any atom is 0.336 e. The maximum atomic E-state index is 13.7. The molecule has 1 heterocycles. The number of carbonyl (C=O) groups excluding carboxylic acids is 2. The summed E-state index contributed by atoms with van der Waals surface area (Å²) in [4.78, 5) is 23.0. The molecule has 7 heteroatoms. The maximum absolute atomic E-state index is 13.7. The number of rotatable bonds is 1. The zero-order valence-corrected chi connectivity index (χ0v) is 10.8. The molecule has 1 amide bonds. The van der Waals surface area contributed by atoms with E-state index in [-0.39, 0.29) is 10.0 Å². The van der Waals surface area contributed by atoms with Crippen molar-refractivity contribution in [2.75, 3.05) is 6.61 Å². The standard InChI is InChI=1S/C11H8BrF2NO3/c1-11(10(17)18-4-9(16)15-11)5-2-6(12)8(14)3-7(5)13/h2-3H,4H2,1H3,(H,15,16). The third kappa shape index (κ3) is 1.98. The van der Waals surface area contributed by atoms with Crippen LogP contribution in [0.25, 0.3) is 0 Å². The molecule has 0 saturated carbocycles. The van der Waals surface area contributed by atoms with Gasteiger partial charge in [0.25, 0.3) is 5.91 Å². The summed E-state index contributed by atoms with van der Waals surface area (Å²) in [7, 11) is 0. The summed E-state index contributed by atoms with van der Waals surface area (Å²) in [6.07, 6.45) is 0. The normalized spacial score (nSPS) is 23.6. The van der Waals surface area contributed by atoms with Gasteiger partial charge < -0.3 is 10.1 Å². The van der Waals surface area contributed by atoms with Gasteiger partial charge in [-0.1, -0.05) is 0 Å². The average Bonchev–Trinajstić information content (AvgIpc) is 2.29. The molecule has 96 valence electrons. The van der Waals surface area contributed by atoms with Crippen molar-refractivity contribution in [3.63, 3.8) is 0 Å². The first-order chi connectivity index (χ1) is 8.34. The fourth-order valence-electron chi connectivity index (χ4n) is 1.72. The first kappa shape index (κ1) is 12.9. The number of nitrogens with one attached hydrogen (secondary N) is 1. The Morgan fingerprint density at radius 1 is 1.33 bits per heavy atom. The molecular weight excluding hydrogens is 312 g/mol. The highest BCUT2D eigenvalue weighted by atomic mass is 79.9. The SMILES string of the molecule is CC1(c2cc(Br)c(F)cc2F)NC(=O)COC1=O. The van der Waals surface area contributed by atoms with E-state index in [9.17, 15) is 18.4 Å². The summed E-state index contributed by atoms with van der Waals surface area (Å²) in [5, 5.41) is 2.35. The van der Waals surface area contributed by atoms with Crippen LogP contribution in [0.1, 0.15) is 12.5 Å². The largest absolute Gasteiger partial charge is 0.454 e. The van der Waals surface area contributed by atoms with E-state index in [0.717, 1.165) is 6.07 Å². The number of halogens is 3. The molecule has 1 aliphatic heterocycles. The van der Waals surface area contributed by atoms with Crippen molar-refractivity contribution in [2.45, 2.75) is 12.5 Å². The lowest BCUT2D eigenvalue weighted by molar-refractivity contribution is -0.163. The molecule has 0 radical (unpaired) electrons. The second-order valence-electron chi connectivity index (χ2n) is 4.00. The van der Waals surface area contributed by atoms with E-state index < -0.39 is 35.7 Å². The van der Waals surface area contributed by atoms with E-state index in [0.29, 0.717) is 6.07 Å². The van der Waals surface area contributed by atoms with Crippen molar-refractivity contribution in [3.05, 3.63) is 33.8 Å². The lowest BCUT2D eigenvalue weighted by Gasteiger charge is -2.32. The molecule has 1 N–H and O–H groups in total. The predicted octanol–water partition coefficient (Wildman–Crippen LogP) is 1.62. The van der Waals surface area contributed by atoms with Crippen molar-refractivity contribution in [2.24, 2.45) is 0 Å². The Balaban J connectivity index is 2.55. The Kier molecular flexibility index (Phi) is 3.10. The minimum Gasteiger partial charge on any atom is -0.454 e. The van der Waals surface area contributed by atoms with E-state index in [2.05, 4.69) is 26.0 Å². The minimum absolute atomic E-state index is 0.00672. The van der Waals surface area contributed by atoms with E-state index >= 15 is 0 Å². The lowest BCUT2D eigenvalue weighted by atomic mass is 9.90. The number of amides is 1. The Hall–Kier alpha value is -1.50. The van der Waals surface area contributed by atoms with Gasteiger partial charge in [0.15, 0.2) is 12.1 Å². The number of esters is 1. The van der Waals surface area contributed by atoms with Crippen molar-refractivity contribution in [1.29, 1.82) is 0 Å². The smallest absolute Gasteiger partial charge is 0.336 e. The molecule has 1 atom stereocenters. The zero-order valence-electron chi connectivity index (χ0n) is 9.22. The summed E-state index contributed by atoms with van der Waals surface area (Å²) >= 11 is 2.90. The van der Waals surface area contributed by atoms with Crippen LogP contribution in [0.5, 0.6) is 0 Å². The highest BCUT2D eigenvalue weighted by Gasteiger charge is 2.44. The second-order valence-corrected chi connectivity index (χ2v) is 4.85. The van der Waals surface area contributed by atoms with Crippen molar-refractivity contribution in [3.8, 4) is 0 Å². The summed E-state index contributed by atoms with van der Waals surface area (Å²) < 4.78 is 31.5. The molecule has 0 spiro atoms. The van der Waals surface area contributed by atoms with Gasteiger partial charge in [-0.15, -0.1) is 0 Å². The molecule has 2 rings (SSSR count). The summed E-state index contributed by atoms with van der Waals surface area (Å²) in [6, 6.07) is 1.75. The van der Waals surface area contributed by atoms with Crippen LogP contribution in [-0.4, -0.2) is 18.5 Å². The predicted molar refractivity (Wildman–Crippen MR) is 60.5 cm³/mol. The van der Waals surface area contributed by atoms with Crippen molar-refractivity contribution >= 4 is 27.8 Å². The molecule has 1 aliphatic rings. The molecular formula is C11H8BrF2NO3. The summed E-state index contributed by atoms with van der Waals surface area (Å²) in [6.45, 7) is 0.896. The van der Waals surface area contributed by atoms with Crippen LogP contribution in [0, 0.1) is 11.6 Å². The molecule has 1 aromatic rings. The quantitative estimate of drug-likeness (QED) is 0.632. The van der Waals surface area contributed by atoms with Gasteiger partial charge in [0.1, 0.15) is 11.6 Å². The molecule has 0 aromatic heterocycles. The molecule has 18 heavy (non-hydrogen) atoms. The van der Waals surface area contributed by atoms with Gasteiger partial charge in [-0.3, -0.25) is 4.79 Å². The first-order valence-electron chi connectivity index (χ1n) is 4.98. The molecule has 0 aliphatic carbocycles. The van der Waals surface area contributed by atoms with Crippen LogP contribution in [0.15, 0.2) is 16.6 Å². The Morgan fingerprint density at radius 3 is 2.67 bits per heavy atom. The van der Waals surface area contributed by atoms with E-state index in [1.807, 2.05) is 0 Å². The lowest BCUT2D eigenvalue weighted by Crippen LogP contribution is -2.56. The molecule has 1 unspecified atom stereocenters. The Morgan fingerprint density at radius 2 is 2.00 bits per heavy atom. The van der Waals surface area contributed by atoms with Crippen molar-refractivity contribution < 1.29 is 23.1 Å². The third-order valence-electron chi connectivity index (χ3n) is 2.68. The molecule has 1 aromatic carbocycles. The Labute approximate surface area is 109 Å². The van der Waals surface area contributed by atoms with Crippen LogP contribution >= 0.6 is 15.9 Å². The van der Waals surface area contributed by atoms with E-state index in [1.54, 1.807) is 0 Å². The molecule has 1 fully saturated rings. The zero-order chi connectivity index (χ0) is 13.5. The Bertz CT molecular complexity index is 549. The minimum atomic E-state index is -1.66. The van der Waals surface area contributed by atoms with E-state index in [4.69, 9.17) is 0 Å². The van der Waals surface area contributed by atoms with Gasteiger partial charge in [0.05, 0.1) is 4.47 Å². The van der Waals surface area contributed by atoms with Crippen LogP contribution in [-0.2, 0) is 19.9 Å². The van der Waals surface area contributed by atoms with E-state index in [1.165, 1.54) is 6.92 Å². The monoisotopic (exact) mass is 319 g/mol. The topological polar surface area (TPSA) is 55.4 Å². The highest BCUT2D eigenvalue weighted by Crippen LogP contribution is 2.30. The van der Waals surface area contributed by atoms with Gasteiger partial charge in [-0.25, -0.2) is 13.6 Å². The number of hydrogen-bond acceptors (Lipinski definition) is 3. The van der Waals surface area contributed by atoms with Crippen LogP contribution in [0.4, 0.5) is 8.78 Å². The van der Waals surface area contributed by atoms with Gasteiger partial charge in [0, 0.05) is 11.6 Å². The molecule has 0 bridgehead atoms. The number of morpholine rings is 1. The highest BCUT2D eigenvalue weighted by molar-refractivity contribution is 9.10. The average molecular weight is 320 g/mol. The summed E-state index contributed by atoms with van der Waals surface area (Å²) in [5.74, 6) is -3.07. The van der Waals surface area contributed by atoms with Gasteiger partial charge in [-0.05, 0) is 28.9 Å². The summed E-state index contributed by atoms with van der Waals surface area (Å²) in [5.41, 5.74) is -1.82. The van der Waals surface area contributed by atoms with Gasteiger partial charge in [0.2, 0.25) is 0 Å². The number of ether oxygens (including phenoxy) is 1. The molecule has 1 saturated heterocycles.